The maximum absolute atomic E-state index is 12.6. The molecule has 2 aliphatic rings. The van der Waals surface area contributed by atoms with Gasteiger partial charge in [-0.15, -0.1) is 0 Å². The van der Waals surface area contributed by atoms with E-state index < -0.39 is 12.3 Å². The zero-order valence-electron chi connectivity index (χ0n) is 5.19. The van der Waals surface area contributed by atoms with E-state index in [1.54, 1.807) is 0 Å². The summed E-state index contributed by atoms with van der Waals surface area (Å²) in [6.45, 7) is 0. The molecule has 0 unspecified atom stereocenters. The molecule has 0 aromatic carbocycles. The van der Waals surface area contributed by atoms with Crippen molar-refractivity contribution in [3.05, 3.63) is 0 Å². The Bertz CT molecular complexity index is 106. The van der Waals surface area contributed by atoms with Crippen molar-refractivity contribution in [2.24, 2.45) is 11.8 Å². The molecule has 2 bridgehead atoms. The van der Waals surface area contributed by atoms with Gasteiger partial charge in [0.1, 0.15) is 12.3 Å². The van der Waals surface area contributed by atoms with Crippen molar-refractivity contribution in [1.29, 1.82) is 0 Å². The number of hydrogen-bond acceptors (Lipinski definition) is 0. The fourth-order valence-corrected chi connectivity index (χ4v) is 2.14. The molecule has 2 heteroatoms. The average Bonchev–Trinajstić information content (AvgIpc) is 2.24. The lowest BCUT2D eigenvalue weighted by Gasteiger charge is -2.16. The molecule has 2 saturated carbocycles. The molecule has 0 radical (unpaired) electrons. The van der Waals surface area contributed by atoms with Crippen LogP contribution in [0.15, 0.2) is 0 Å². The molecule has 9 heavy (non-hydrogen) atoms. The van der Waals surface area contributed by atoms with Crippen LogP contribution in [0.2, 0.25) is 0 Å². The third kappa shape index (κ3) is 0.684. The molecular weight excluding hydrogens is 122 g/mol. The van der Waals surface area contributed by atoms with E-state index in [-0.39, 0.29) is 11.8 Å². The minimum absolute atomic E-state index is 0.0741. The fourth-order valence-electron chi connectivity index (χ4n) is 2.14. The van der Waals surface area contributed by atoms with Gasteiger partial charge >= 0.3 is 0 Å². The van der Waals surface area contributed by atoms with Crippen LogP contribution in [0, 0.1) is 11.8 Å². The van der Waals surface area contributed by atoms with Gasteiger partial charge in [0.05, 0.1) is 0 Å². The van der Waals surface area contributed by atoms with Crippen LogP contribution in [-0.2, 0) is 0 Å². The van der Waals surface area contributed by atoms with E-state index in [0.29, 0.717) is 12.8 Å². The lowest BCUT2D eigenvalue weighted by Crippen LogP contribution is -2.18. The van der Waals surface area contributed by atoms with Crippen LogP contribution >= 0.6 is 0 Å². The Balaban J connectivity index is 2.10. The summed E-state index contributed by atoms with van der Waals surface area (Å²) in [6, 6.07) is 0. The number of rotatable bonds is 0. The minimum atomic E-state index is -0.679. The summed E-state index contributed by atoms with van der Waals surface area (Å²) in [5.41, 5.74) is 0. The second kappa shape index (κ2) is 1.68. The molecule has 0 spiro atoms. The van der Waals surface area contributed by atoms with E-state index in [1.807, 2.05) is 0 Å². The summed E-state index contributed by atoms with van der Waals surface area (Å²) in [4.78, 5) is 0. The Kier molecular flexibility index (Phi) is 1.05. The summed E-state index contributed by atoms with van der Waals surface area (Å²) in [7, 11) is 0. The summed E-state index contributed by atoms with van der Waals surface area (Å²) < 4.78 is 25.3. The molecule has 0 N–H and O–H groups in total. The van der Waals surface area contributed by atoms with Crippen molar-refractivity contribution in [2.75, 3.05) is 0 Å². The van der Waals surface area contributed by atoms with Gasteiger partial charge in [-0.25, -0.2) is 8.78 Å². The Labute approximate surface area is 53.2 Å². The van der Waals surface area contributed by atoms with E-state index in [2.05, 4.69) is 0 Å². The minimum Gasteiger partial charge on any atom is -0.247 e. The molecule has 52 valence electrons. The van der Waals surface area contributed by atoms with Crippen molar-refractivity contribution < 1.29 is 8.78 Å². The third-order valence-electron chi connectivity index (χ3n) is 2.68. The first-order chi connectivity index (χ1) is 4.27. The first-order valence-corrected chi connectivity index (χ1v) is 3.55. The highest BCUT2D eigenvalue weighted by molar-refractivity contribution is 4.95. The Morgan fingerprint density at radius 3 is 1.44 bits per heavy atom. The molecule has 0 aromatic heterocycles. The Morgan fingerprint density at radius 2 is 1.22 bits per heavy atom. The summed E-state index contributed by atoms with van der Waals surface area (Å²) in [5.74, 6) is 0.148. The van der Waals surface area contributed by atoms with Crippen LogP contribution in [0.1, 0.15) is 19.3 Å². The molecule has 0 amide bonds. The van der Waals surface area contributed by atoms with E-state index in [4.69, 9.17) is 0 Å². The van der Waals surface area contributed by atoms with Gasteiger partial charge in [0, 0.05) is 0 Å². The highest BCUT2D eigenvalue weighted by Crippen LogP contribution is 2.47. The maximum atomic E-state index is 12.6. The lowest BCUT2D eigenvalue weighted by molar-refractivity contribution is 0.157. The molecule has 2 aliphatic carbocycles. The van der Waals surface area contributed by atoms with Crippen LogP contribution in [-0.4, -0.2) is 12.3 Å². The zero-order valence-corrected chi connectivity index (χ0v) is 5.19. The number of hydrogen-bond donors (Lipinski definition) is 0. The molecule has 0 nitrogen and oxygen atoms in total. The molecule has 2 fully saturated rings. The lowest BCUT2D eigenvalue weighted by atomic mass is 9.97. The van der Waals surface area contributed by atoms with Crippen molar-refractivity contribution >= 4 is 0 Å². The van der Waals surface area contributed by atoms with Crippen LogP contribution in [0.4, 0.5) is 8.78 Å². The largest absolute Gasteiger partial charge is 0.247 e. The second-order valence-electron chi connectivity index (χ2n) is 3.26. The van der Waals surface area contributed by atoms with Gasteiger partial charge in [0.25, 0.3) is 0 Å². The summed E-state index contributed by atoms with van der Waals surface area (Å²) in [6.07, 6.45) is 0.434. The molecule has 0 heterocycles. The monoisotopic (exact) mass is 132 g/mol. The topological polar surface area (TPSA) is 0 Å². The van der Waals surface area contributed by atoms with Gasteiger partial charge in [-0.1, -0.05) is 0 Å². The SMILES string of the molecule is F[C@@H]1C[C@H]2C[C@@H]1C[C@@H]2F. The number of fused-ring (bicyclic) bond motifs is 2. The molecule has 2 rings (SSSR count). The Hall–Kier alpha value is -0.140. The highest BCUT2D eigenvalue weighted by Gasteiger charge is 2.46. The quantitative estimate of drug-likeness (QED) is 0.473. The van der Waals surface area contributed by atoms with Gasteiger partial charge in [0.2, 0.25) is 0 Å². The molecule has 0 aromatic rings. The third-order valence-corrected chi connectivity index (χ3v) is 2.68. The summed E-state index contributed by atoms with van der Waals surface area (Å²) >= 11 is 0. The molecule has 4 atom stereocenters. The van der Waals surface area contributed by atoms with Crippen LogP contribution in [0.5, 0.6) is 0 Å². The van der Waals surface area contributed by atoms with Gasteiger partial charge in [-0.2, -0.15) is 0 Å². The van der Waals surface area contributed by atoms with E-state index in [0.717, 1.165) is 6.42 Å². The van der Waals surface area contributed by atoms with Gasteiger partial charge in [-0.3, -0.25) is 0 Å². The van der Waals surface area contributed by atoms with E-state index in [1.165, 1.54) is 0 Å². The normalized spacial score (nSPS) is 56.7. The zero-order chi connectivity index (χ0) is 6.43. The fraction of sp³-hybridized carbons (Fsp3) is 1.00. The Morgan fingerprint density at radius 1 is 0.778 bits per heavy atom. The molecular formula is C7H10F2. The van der Waals surface area contributed by atoms with Crippen molar-refractivity contribution in [3.8, 4) is 0 Å². The van der Waals surface area contributed by atoms with Gasteiger partial charge < -0.3 is 0 Å². The van der Waals surface area contributed by atoms with Crippen LogP contribution < -0.4 is 0 Å². The van der Waals surface area contributed by atoms with Crippen molar-refractivity contribution in [1.82, 2.24) is 0 Å². The first-order valence-electron chi connectivity index (χ1n) is 3.55. The van der Waals surface area contributed by atoms with Crippen LogP contribution in [0.25, 0.3) is 0 Å². The second-order valence-corrected chi connectivity index (χ2v) is 3.26. The van der Waals surface area contributed by atoms with Crippen LogP contribution in [0.3, 0.4) is 0 Å². The van der Waals surface area contributed by atoms with Crippen molar-refractivity contribution in [2.45, 2.75) is 31.6 Å². The van der Waals surface area contributed by atoms with E-state index in [9.17, 15) is 8.78 Å². The van der Waals surface area contributed by atoms with Crippen molar-refractivity contribution in [3.63, 3.8) is 0 Å². The predicted octanol–water partition coefficient (Wildman–Crippen LogP) is 2.09. The average molecular weight is 132 g/mol. The van der Waals surface area contributed by atoms with E-state index >= 15 is 0 Å². The smallest absolute Gasteiger partial charge is 0.103 e. The van der Waals surface area contributed by atoms with Gasteiger partial charge in [0.15, 0.2) is 0 Å². The number of alkyl halides is 2. The van der Waals surface area contributed by atoms with Gasteiger partial charge in [-0.05, 0) is 31.1 Å². The summed E-state index contributed by atoms with van der Waals surface area (Å²) in [5, 5.41) is 0. The molecule has 0 aliphatic heterocycles. The molecule has 0 saturated heterocycles. The number of halogens is 2. The predicted molar refractivity (Wildman–Crippen MR) is 30.6 cm³/mol. The first kappa shape index (κ1) is 5.63. The maximum Gasteiger partial charge on any atom is 0.103 e. The highest BCUT2D eigenvalue weighted by atomic mass is 19.1. The standard InChI is InChI=1S/C7H10F2/c8-6-2-4-1-5(6)3-7(4)9/h4-7H,1-3H2/t4-,5-,6-,7+/m1/s1.